The highest BCUT2D eigenvalue weighted by Gasteiger charge is 2.30. The number of nitrogens with zero attached hydrogens (tertiary/aromatic N) is 3. The molecule has 1 saturated heterocycles. The molecular formula is C16H24N4O5S. The summed E-state index contributed by atoms with van der Waals surface area (Å²) in [5.74, 6) is -0.252. The van der Waals surface area contributed by atoms with Gasteiger partial charge >= 0.3 is 0 Å². The van der Waals surface area contributed by atoms with Crippen LogP contribution in [0.2, 0.25) is 0 Å². The molecule has 0 aromatic heterocycles. The first kappa shape index (κ1) is 20.1. The van der Waals surface area contributed by atoms with E-state index in [1.807, 2.05) is 6.92 Å². The van der Waals surface area contributed by atoms with Gasteiger partial charge in [0.15, 0.2) is 0 Å². The van der Waals surface area contributed by atoms with Crippen LogP contribution in [-0.4, -0.2) is 56.8 Å². The number of carbonyl (C=O) groups excluding carboxylic acids is 1. The normalized spacial score (nSPS) is 15.0. The second-order valence-electron chi connectivity index (χ2n) is 6.22. The van der Waals surface area contributed by atoms with Crippen LogP contribution in [0.1, 0.15) is 26.2 Å². The first-order chi connectivity index (χ1) is 12.3. The van der Waals surface area contributed by atoms with Gasteiger partial charge in [0.2, 0.25) is 15.9 Å². The Labute approximate surface area is 153 Å². The Balaban J connectivity index is 2.28. The molecule has 0 spiro atoms. The van der Waals surface area contributed by atoms with Crippen molar-refractivity contribution in [3.63, 3.8) is 0 Å². The van der Waals surface area contributed by atoms with Gasteiger partial charge in [0, 0.05) is 32.7 Å². The van der Waals surface area contributed by atoms with Gasteiger partial charge in [0.25, 0.3) is 5.69 Å². The fourth-order valence-corrected chi connectivity index (χ4v) is 4.37. The summed E-state index contributed by atoms with van der Waals surface area (Å²) in [7, 11) is -2.18. The molecule has 1 fully saturated rings. The molecule has 10 heteroatoms. The predicted molar refractivity (Wildman–Crippen MR) is 97.7 cm³/mol. The van der Waals surface area contributed by atoms with Gasteiger partial charge in [-0.25, -0.2) is 8.42 Å². The summed E-state index contributed by atoms with van der Waals surface area (Å²) < 4.78 is 26.6. The Morgan fingerprint density at radius 2 is 2.00 bits per heavy atom. The lowest BCUT2D eigenvalue weighted by atomic mass is 10.2. The standard InChI is InChI=1S/C16H24N4O5S/c1-3-8-17-16(21)12-18(2)14-7-6-13(11-15(14)20(22)23)26(24,25)19-9-4-5-10-19/h6-7,11H,3-5,8-10,12H2,1-2H3,(H,17,21). The largest absolute Gasteiger partial charge is 0.360 e. The number of sulfonamides is 1. The number of likely N-dealkylation sites (N-methyl/N-ethyl adjacent to an activating group) is 1. The minimum atomic E-state index is -3.74. The van der Waals surface area contributed by atoms with Crippen LogP contribution in [0.5, 0.6) is 0 Å². The average molecular weight is 384 g/mol. The number of nitrogens with one attached hydrogen (secondary N) is 1. The number of hydrogen-bond acceptors (Lipinski definition) is 6. The highest BCUT2D eigenvalue weighted by molar-refractivity contribution is 7.89. The molecule has 144 valence electrons. The zero-order valence-corrected chi connectivity index (χ0v) is 15.8. The molecule has 0 aliphatic carbocycles. The third-order valence-corrected chi connectivity index (χ3v) is 6.11. The summed E-state index contributed by atoms with van der Waals surface area (Å²) in [5.41, 5.74) is -0.141. The highest BCUT2D eigenvalue weighted by atomic mass is 32.2. The van der Waals surface area contributed by atoms with E-state index in [0.717, 1.165) is 25.3 Å². The molecule has 26 heavy (non-hydrogen) atoms. The van der Waals surface area contributed by atoms with Gasteiger partial charge in [-0.2, -0.15) is 4.31 Å². The summed E-state index contributed by atoms with van der Waals surface area (Å²) in [4.78, 5) is 24.0. The minimum Gasteiger partial charge on any atom is -0.360 e. The van der Waals surface area contributed by atoms with Crippen molar-refractivity contribution in [3.05, 3.63) is 28.3 Å². The van der Waals surface area contributed by atoms with E-state index >= 15 is 0 Å². The molecule has 9 nitrogen and oxygen atoms in total. The maximum Gasteiger partial charge on any atom is 0.293 e. The zero-order valence-electron chi connectivity index (χ0n) is 15.0. The molecular weight excluding hydrogens is 360 g/mol. The van der Waals surface area contributed by atoms with Gasteiger partial charge in [-0.1, -0.05) is 6.92 Å². The maximum atomic E-state index is 12.6. The lowest BCUT2D eigenvalue weighted by Gasteiger charge is -2.20. The Morgan fingerprint density at radius 3 is 2.58 bits per heavy atom. The Hall–Kier alpha value is -2.20. The van der Waals surface area contributed by atoms with Gasteiger partial charge in [-0.05, 0) is 31.4 Å². The molecule has 1 aromatic carbocycles. The first-order valence-corrected chi connectivity index (χ1v) is 9.97. The second kappa shape index (κ2) is 8.45. The number of benzene rings is 1. The zero-order chi connectivity index (χ0) is 19.3. The van der Waals surface area contributed by atoms with Crippen LogP contribution in [0.3, 0.4) is 0 Å². The molecule has 0 saturated carbocycles. The van der Waals surface area contributed by atoms with E-state index < -0.39 is 14.9 Å². The van der Waals surface area contributed by atoms with Crippen molar-refractivity contribution in [1.82, 2.24) is 9.62 Å². The molecule has 1 aliphatic rings. The van der Waals surface area contributed by atoms with Gasteiger partial charge in [0.05, 0.1) is 16.4 Å². The topological polar surface area (TPSA) is 113 Å². The van der Waals surface area contributed by atoms with Crippen molar-refractivity contribution in [3.8, 4) is 0 Å². The quantitative estimate of drug-likeness (QED) is 0.535. The number of nitro groups is 1. The van der Waals surface area contributed by atoms with Crippen molar-refractivity contribution < 1.29 is 18.1 Å². The fraction of sp³-hybridized carbons (Fsp3) is 0.562. The van der Waals surface area contributed by atoms with E-state index in [1.165, 1.54) is 21.3 Å². The molecule has 0 bridgehead atoms. The van der Waals surface area contributed by atoms with Crippen LogP contribution < -0.4 is 10.2 Å². The van der Waals surface area contributed by atoms with E-state index in [2.05, 4.69) is 5.32 Å². The maximum absolute atomic E-state index is 12.6. The fourth-order valence-electron chi connectivity index (χ4n) is 2.83. The highest BCUT2D eigenvalue weighted by Crippen LogP contribution is 2.32. The van der Waals surface area contributed by atoms with Gasteiger partial charge < -0.3 is 10.2 Å². The summed E-state index contributed by atoms with van der Waals surface area (Å²) in [5, 5.41) is 14.2. The van der Waals surface area contributed by atoms with Crippen LogP contribution in [0, 0.1) is 10.1 Å². The molecule has 2 rings (SSSR count). The third-order valence-electron chi connectivity index (χ3n) is 4.21. The summed E-state index contributed by atoms with van der Waals surface area (Å²) in [6.45, 7) is 3.25. The lowest BCUT2D eigenvalue weighted by molar-refractivity contribution is -0.384. The minimum absolute atomic E-state index is 0.0565. The summed E-state index contributed by atoms with van der Waals surface area (Å²) in [6.07, 6.45) is 2.36. The molecule has 1 amide bonds. The molecule has 0 unspecified atom stereocenters. The summed E-state index contributed by atoms with van der Waals surface area (Å²) >= 11 is 0. The smallest absolute Gasteiger partial charge is 0.293 e. The van der Waals surface area contributed by atoms with E-state index in [4.69, 9.17) is 0 Å². The van der Waals surface area contributed by atoms with Crippen molar-refractivity contribution in [2.75, 3.05) is 38.1 Å². The summed E-state index contributed by atoms with van der Waals surface area (Å²) in [6, 6.07) is 3.81. The van der Waals surface area contributed by atoms with Gasteiger partial charge in [-0.3, -0.25) is 14.9 Å². The lowest BCUT2D eigenvalue weighted by Crippen LogP contribution is -2.35. The van der Waals surface area contributed by atoms with Crippen LogP contribution in [0.25, 0.3) is 0 Å². The number of hydrogen-bond donors (Lipinski definition) is 1. The first-order valence-electron chi connectivity index (χ1n) is 8.53. The Bertz CT molecular complexity index is 775. The van der Waals surface area contributed by atoms with Crippen LogP contribution >= 0.6 is 0 Å². The predicted octanol–water partition coefficient (Wildman–Crippen LogP) is 1.34. The average Bonchev–Trinajstić information content (AvgIpc) is 3.14. The van der Waals surface area contributed by atoms with Crippen LogP contribution in [0.4, 0.5) is 11.4 Å². The van der Waals surface area contributed by atoms with E-state index in [0.29, 0.717) is 19.6 Å². The molecule has 1 N–H and O–H groups in total. The van der Waals surface area contributed by atoms with Crippen molar-refractivity contribution in [2.45, 2.75) is 31.1 Å². The van der Waals surface area contributed by atoms with Crippen molar-refractivity contribution in [1.29, 1.82) is 0 Å². The molecule has 1 aromatic rings. The van der Waals surface area contributed by atoms with Gasteiger partial charge in [0.1, 0.15) is 5.69 Å². The third kappa shape index (κ3) is 4.50. The van der Waals surface area contributed by atoms with E-state index in [9.17, 15) is 23.3 Å². The SMILES string of the molecule is CCCNC(=O)CN(C)c1ccc(S(=O)(=O)N2CCCC2)cc1[N+](=O)[O-]. The number of rotatable bonds is 8. The Kier molecular flexibility index (Phi) is 6.54. The van der Waals surface area contributed by atoms with E-state index in [1.54, 1.807) is 7.05 Å². The molecule has 1 aliphatic heterocycles. The number of nitro benzene ring substituents is 1. The van der Waals surface area contributed by atoms with Crippen molar-refractivity contribution >= 4 is 27.3 Å². The molecule has 0 radical (unpaired) electrons. The van der Waals surface area contributed by atoms with Crippen molar-refractivity contribution in [2.24, 2.45) is 0 Å². The van der Waals surface area contributed by atoms with E-state index in [-0.39, 0.29) is 28.7 Å². The monoisotopic (exact) mass is 384 g/mol. The molecule has 0 atom stereocenters. The number of anilines is 1. The van der Waals surface area contributed by atoms with Crippen LogP contribution in [0.15, 0.2) is 23.1 Å². The Morgan fingerprint density at radius 1 is 1.35 bits per heavy atom. The second-order valence-corrected chi connectivity index (χ2v) is 8.16. The molecule has 1 heterocycles. The number of carbonyl (C=O) groups is 1. The number of amides is 1. The van der Waals surface area contributed by atoms with Crippen LogP contribution in [-0.2, 0) is 14.8 Å². The van der Waals surface area contributed by atoms with Gasteiger partial charge in [-0.15, -0.1) is 0 Å².